The summed E-state index contributed by atoms with van der Waals surface area (Å²) in [4.78, 5) is 6.92. The van der Waals surface area contributed by atoms with Gasteiger partial charge in [-0.05, 0) is 7.05 Å². The fraction of sp³-hybridized carbons (Fsp3) is 0.833. The van der Waals surface area contributed by atoms with E-state index in [2.05, 4.69) is 27.4 Å². The monoisotopic (exact) mass is 300 g/mol. The molecule has 106 valence electrons. The first-order chi connectivity index (χ1) is 9.33. The van der Waals surface area contributed by atoms with Crippen LogP contribution in [0.4, 0.5) is 0 Å². The van der Waals surface area contributed by atoms with Crippen molar-refractivity contribution in [1.29, 1.82) is 0 Å². The molecule has 0 saturated carbocycles. The molecule has 0 amide bonds. The molecule has 2 saturated heterocycles. The maximum absolute atomic E-state index is 5.42. The van der Waals surface area contributed by atoms with Crippen LogP contribution in [0.3, 0.4) is 0 Å². The third kappa shape index (κ3) is 3.45. The summed E-state index contributed by atoms with van der Waals surface area (Å²) in [5.74, 6) is 6.23. The molecule has 0 radical (unpaired) electrons. The minimum Gasteiger partial charge on any atom is -0.339 e. The predicted molar refractivity (Wildman–Crippen MR) is 79.8 cm³/mol. The van der Waals surface area contributed by atoms with Crippen LogP contribution in [0.15, 0.2) is 4.52 Å². The van der Waals surface area contributed by atoms with E-state index in [1.54, 1.807) is 0 Å². The van der Waals surface area contributed by atoms with Crippen LogP contribution in [0.5, 0.6) is 0 Å². The number of nitrogens with one attached hydrogen (secondary N) is 1. The molecule has 0 aromatic carbocycles. The Bertz CT molecular complexity index is 408. The van der Waals surface area contributed by atoms with Gasteiger partial charge in [-0.25, -0.2) is 0 Å². The van der Waals surface area contributed by atoms with Gasteiger partial charge in [0.05, 0.1) is 6.04 Å². The zero-order valence-electron chi connectivity index (χ0n) is 11.2. The molecule has 2 fully saturated rings. The number of nitrogens with zero attached hydrogens (tertiary/aromatic N) is 3. The Labute approximate surface area is 122 Å². The van der Waals surface area contributed by atoms with Gasteiger partial charge in [-0.2, -0.15) is 28.5 Å². The van der Waals surface area contributed by atoms with Gasteiger partial charge in [0.2, 0.25) is 5.89 Å². The molecule has 19 heavy (non-hydrogen) atoms. The second-order valence-corrected chi connectivity index (χ2v) is 7.35. The van der Waals surface area contributed by atoms with Crippen molar-refractivity contribution in [2.45, 2.75) is 18.5 Å². The summed E-state index contributed by atoms with van der Waals surface area (Å²) >= 11 is 3.96. The smallest absolute Gasteiger partial charge is 0.228 e. The van der Waals surface area contributed by atoms with Crippen molar-refractivity contribution in [3.63, 3.8) is 0 Å². The van der Waals surface area contributed by atoms with Gasteiger partial charge in [0, 0.05) is 48.6 Å². The molecule has 2 aliphatic rings. The van der Waals surface area contributed by atoms with E-state index >= 15 is 0 Å². The number of rotatable bonds is 3. The zero-order chi connectivity index (χ0) is 13.1. The Morgan fingerprint density at radius 1 is 1.37 bits per heavy atom. The van der Waals surface area contributed by atoms with E-state index in [1.807, 2.05) is 23.5 Å². The molecule has 2 aliphatic heterocycles. The van der Waals surface area contributed by atoms with Gasteiger partial charge in [-0.15, -0.1) is 0 Å². The van der Waals surface area contributed by atoms with E-state index in [-0.39, 0.29) is 0 Å². The van der Waals surface area contributed by atoms with Crippen LogP contribution >= 0.6 is 23.5 Å². The fourth-order valence-electron chi connectivity index (χ4n) is 2.41. The number of hydrogen-bond donors (Lipinski definition) is 1. The van der Waals surface area contributed by atoms with Crippen molar-refractivity contribution in [1.82, 2.24) is 20.4 Å². The van der Waals surface area contributed by atoms with E-state index in [1.165, 1.54) is 11.5 Å². The molecule has 2 atom stereocenters. The molecule has 0 bridgehead atoms. The summed E-state index contributed by atoms with van der Waals surface area (Å²) in [6.07, 6.45) is 0.851. The molecule has 0 aliphatic carbocycles. The highest BCUT2D eigenvalue weighted by atomic mass is 32.2. The van der Waals surface area contributed by atoms with E-state index in [4.69, 9.17) is 4.52 Å². The summed E-state index contributed by atoms with van der Waals surface area (Å²) in [6.45, 7) is 2.18. The molecule has 1 aromatic rings. The summed E-state index contributed by atoms with van der Waals surface area (Å²) in [5.41, 5.74) is 0. The Hall–Kier alpha value is -0.240. The van der Waals surface area contributed by atoms with Crippen molar-refractivity contribution >= 4 is 23.5 Å². The van der Waals surface area contributed by atoms with Crippen LogP contribution < -0.4 is 5.32 Å². The highest BCUT2D eigenvalue weighted by molar-refractivity contribution is 7.99. The molecule has 3 heterocycles. The molecular formula is C12H20N4OS2. The van der Waals surface area contributed by atoms with Gasteiger partial charge in [0.15, 0.2) is 5.82 Å². The number of aromatic nitrogens is 2. The van der Waals surface area contributed by atoms with Crippen LogP contribution in [0.2, 0.25) is 0 Å². The zero-order valence-corrected chi connectivity index (χ0v) is 12.8. The third-order valence-electron chi connectivity index (χ3n) is 3.60. The maximum Gasteiger partial charge on any atom is 0.228 e. The van der Waals surface area contributed by atoms with Gasteiger partial charge in [-0.1, -0.05) is 5.16 Å². The first-order valence-corrected chi connectivity index (χ1v) is 9.05. The largest absolute Gasteiger partial charge is 0.339 e. The SMILES string of the molecule is CN1CCSCC1c1noc(CC2CSCCN2)n1. The van der Waals surface area contributed by atoms with Gasteiger partial charge in [0.25, 0.3) is 0 Å². The molecule has 1 N–H and O–H groups in total. The summed E-state index contributed by atoms with van der Waals surface area (Å²) in [7, 11) is 2.14. The Morgan fingerprint density at radius 2 is 2.26 bits per heavy atom. The van der Waals surface area contributed by atoms with Gasteiger partial charge in [-0.3, -0.25) is 4.90 Å². The standard InChI is InChI=1S/C12H20N4OS2/c1-16-3-5-19-8-10(16)12-14-11(17-15-12)6-9-7-18-4-2-13-9/h9-10,13H,2-8H2,1H3. The van der Waals surface area contributed by atoms with Crippen molar-refractivity contribution in [3.05, 3.63) is 11.7 Å². The van der Waals surface area contributed by atoms with E-state index < -0.39 is 0 Å². The molecule has 5 nitrogen and oxygen atoms in total. The van der Waals surface area contributed by atoms with E-state index in [0.29, 0.717) is 12.1 Å². The van der Waals surface area contributed by atoms with Crippen molar-refractivity contribution < 1.29 is 4.52 Å². The third-order valence-corrected chi connectivity index (χ3v) is 5.75. The molecule has 0 spiro atoms. The van der Waals surface area contributed by atoms with Crippen molar-refractivity contribution in [2.75, 3.05) is 43.1 Å². The minimum atomic E-state index is 0.310. The van der Waals surface area contributed by atoms with Gasteiger partial charge >= 0.3 is 0 Å². The Balaban J connectivity index is 1.61. The lowest BCUT2D eigenvalue weighted by molar-refractivity contribution is 0.256. The topological polar surface area (TPSA) is 54.2 Å². The van der Waals surface area contributed by atoms with Crippen molar-refractivity contribution in [2.24, 2.45) is 0 Å². The van der Waals surface area contributed by atoms with Crippen LogP contribution in [0.25, 0.3) is 0 Å². The van der Waals surface area contributed by atoms with Crippen molar-refractivity contribution in [3.8, 4) is 0 Å². The second kappa shape index (κ2) is 6.47. The quantitative estimate of drug-likeness (QED) is 0.895. The molecule has 3 rings (SSSR count). The number of thioether (sulfide) groups is 2. The first-order valence-electron chi connectivity index (χ1n) is 6.74. The first kappa shape index (κ1) is 13.7. The highest BCUT2D eigenvalue weighted by Crippen LogP contribution is 2.26. The lowest BCUT2D eigenvalue weighted by atomic mass is 10.2. The number of hydrogen-bond acceptors (Lipinski definition) is 7. The van der Waals surface area contributed by atoms with Gasteiger partial charge < -0.3 is 9.84 Å². The molecule has 2 unspecified atom stereocenters. The lowest BCUT2D eigenvalue weighted by Gasteiger charge is -2.29. The summed E-state index contributed by atoms with van der Waals surface area (Å²) in [6, 6.07) is 0.787. The van der Waals surface area contributed by atoms with Crippen LogP contribution in [0, 0.1) is 0 Å². The average Bonchev–Trinajstić information content (AvgIpc) is 2.89. The molecule has 1 aromatic heterocycles. The Kier molecular flexibility index (Phi) is 4.68. The fourth-order valence-corrected chi connectivity index (χ4v) is 4.57. The van der Waals surface area contributed by atoms with E-state index in [9.17, 15) is 0 Å². The van der Waals surface area contributed by atoms with Gasteiger partial charge in [0.1, 0.15) is 0 Å². The lowest BCUT2D eigenvalue weighted by Crippen LogP contribution is -2.39. The average molecular weight is 300 g/mol. The Morgan fingerprint density at radius 3 is 3.05 bits per heavy atom. The molecular weight excluding hydrogens is 280 g/mol. The van der Waals surface area contributed by atoms with Crippen LogP contribution in [0.1, 0.15) is 17.8 Å². The van der Waals surface area contributed by atoms with E-state index in [0.717, 1.165) is 42.7 Å². The molecule has 7 heteroatoms. The predicted octanol–water partition coefficient (Wildman–Crippen LogP) is 1.04. The minimum absolute atomic E-state index is 0.310. The summed E-state index contributed by atoms with van der Waals surface area (Å²) in [5, 5.41) is 7.68. The van der Waals surface area contributed by atoms with Crippen LogP contribution in [-0.4, -0.2) is 64.2 Å². The highest BCUT2D eigenvalue weighted by Gasteiger charge is 2.26. The van der Waals surface area contributed by atoms with Crippen LogP contribution in [-0.2, 0) is 6.42 Å². The normalized spacial score (nSPS) is 29.5. The second-order valence-electron chi connectivity index (χ2n) is 5.05. The summed E-state index contributed by atoms with van der Waals surface area (Å²) < 4.78 is 5.42. The maximum atomic E-state index is 5.42.